The number of nitrogens with zero attached hydrogens (tertiary/aromatic N) is 1. The summed E-state index contributed by atoms with van der Waals surface area (Å²) in [6, 6.07) is 19.0. The van der Waals surface area contributed by atoms with Crippen LogP contribution in [0.1, 0.15) is 19.4 Å². The third-order valence-corrected chi connectivity index (χ3v) is 5.68. The Morgan fingerprint density at radius 1 is 0.778 bits per heavy atom. The van der Waals surface area contributed by atoms with Crippen LogP contribution in [0, 0.1) is 0 Å². The van der Waals surface area contributed by atoms with Crippen molar-refractivity contribution >= 4 is 11.0 Å². The average Bonchev–Trinajstić information content (AvgIpc) is 3.37. The molecule has 7 nitrogen and oxygen atoms in total. The molecule has 0 aliphatic rings. The van der Waals surface area contributed by atoms with Gasteiger partial charge in [0.1, 0.15) is 18.0 Å². The molecule has 2 N–H and O–H groups in total. The summed E-state index contributed by atoms with van der Waals surface area (Å²) in [7, 11) is 3.27. The second-order valence-electron chi connectivity index (χ2n) is 7.77. The minimum atomic E-state index is -0.135. The number of hydrogen-bond acceptors (Lipinski definition) is 5. The number of methoxy groups -OCH3 is 2. The van der Waals surface area contributed by atoms with Gasteiger partial charge >= 0.3 is 0 Å². The second-order valence-corrected chi connectivity index (χ2v) is 7.77. The molecule has 0 atom stereocenters. The first-order chi connectivity index (χ1) is 17.6. The number of ether oxygens (including phenoxy) is 3. The van der Waals surface area contributed by atoms with Crippen molar-refractivity contribution in [3.8, 4) is 39.5 Å². The molecule has 0 amide bonds. The van der Waals surface area contributed by atoms with Crippen molar-refractivity contribution in [2.24, 2.45) is 0 Å². The maximum atomic E-state index is 11.4. The molecule has 184 valence electrons. The van der Waals surface area contributed by atoms with Crippen molar-refractivity contribution in [2.45, 2.75) is 20.5 Å². The van der Waals surface area contributed by atoms with Crippen LogP contribution in [0.4, 0.5) is 0 Å². The van der Waals surface area contributed by atoms with E-state index in [1.165, 1.54) is 6.07 Å². The first kappa shape index (κ1) is 24.6. The zero-order valence-electron chi connectivity index (χ0n) is 20.8. The van der Waals surface area contributed by atoms with Crippen LogP contribution < -0.4 is 19.8 Å². The Balaban J connectivity index is 0.00000148. The molecule has 36 heavy (non-hydrogen) atoms. The second kappa shape index (κ2) is 11.3. The predicted octanol–water partition coefficient (Wildman–Crippen LogP) is 6.21. The number of aromatic nitrogens is 3. The molecule has 3 aromatic heterocycles. The van der Waals surface area contributed by atoms with E-state index in [1.54, 1.807) is 26.5 Å². The highest BCUT2D eigenvalue weighted by Crippen LogP contribution is 2.35. The molecule has 3 heterocycles. The smallest absolute Gasteiger partial charge is 0.247 e. The van der Waals surface area contributed by atoms with Gasteiger partial charge in [0.2, 0.25) is 5.56 Å². The minimum absolute atomic E-state index is 0.135. The SMILES string of the molecule is CC.COc1ccc(COc2ccc(-c3cnc4[nH]cc(-c5ccc(=O)[nH]c5)c4c3)cc2OC)cc1. The van der Waals surface area contributed by atoms with Crippen molar-refractivity contribution in [1.29, 1.82) is 0 Å². The topological polar surface area (TPSA) is 89.2 Å². The summed E-state index contributed by atoms with van der Waals surface area (Å²) in [5, 5.41) is 0.961. The molecule has 0 radical (unpaired) electrons. The molecular formula is C29H29N3O4. The number of fused-ring (bicyclic) bond motifs is 1. The number of pyridine rings is 2. The molecule has 0 saturated heterocycles. The molecule has 0 saturated carbocycles. The fourth-order valence-corrected chi connectivity index (χ4v) is 3.83. The van der Waals surface area contributed by atoms with Crippen LogP contribution in [0.5, 0.6) is 17.2 Å². The average molecular weight is 484 g/mol. The van der Waals surface area contributed by atoms with Crippen molar-refractivity contribution in [2.75, 3.05) is 14.2 Å². The summed E-state index contributed by atoms with van der Waals surface area (Å²) in [6.07, 6.45) is 5.42. The van der Waals surface area contributed by atoms with E-state index < -0.39 is 0 Å². The molecule has 0 aliphatic heterocycles. The van der Waals surface area contributed by atoms with Gasteiger partial charge in [-0.2, -0.15) is 0 Å². The van der Waals surface area contributed by atoms with Crippen LogP contribution >= 0.6 is 0 Å². The van der Waals surface area contributed by atoms with Crippen LogP contribution in [0.2, 0.25) is 0 Å². The highest BCUT2D eigenvalue weighted by Gasteiger charge is 2.12. The summed E-state index contributed by atoms with van der Waals surface area (Å²) in [6.45, 7) is 4.42. The highest BCUT2D eigenvalue weighted by molar-refractivity contribution is 5.95. The number of aromatic amines is 2. The molecule has 5 aromatic rings. The van der Waals surface area contributed by atoms with E-state index in [-0.39, 0.29) is 5.56 Å². The number of H-pyrrole nitrogens is 2. The van der Waals surface area contributed by atoms with Gasteiger partial charge < -0.3 is 24.2 Å². The van der Waals surface area contributed by atoms with E-state index in [0.717, 1.165) is 44.6 Å². The first-order valence-electron chi connectivity index (χ1n) is 11.7. The molecule has 2 aromatic carbocycles. The van der Waals surface area contributed by atoms with E-state index in [9.17, 15) is 4.79 Å². The first-order valence-corrected chi connectivity index (χ1v) is 11.7. The zero-order valence-corrected chi connectivity index (χ0v) is 20.8. The van der Waals surface area contributed by atoms with Crippen LogP contribution in [0.15, 0.2) is 84.0 Å². The van der Waals surface area contributed by atoms with Crippen molar-refractivity contribution in [3.05, 3.63) is 95.2 Å². The summed E-state index contributed by atoms with van der Waals surface area (Å²) in [5.74, 6) is 2.11. The number of nitrogens with one attached hydrogen (secondary N) is 2. The van der Waals surface area contributed by atoms with Gasteiger partial charge in [0.05, 0.1) is 14.2 Å². The van der Waals surface area contributed by atoms with E-state index in [0.29, 0.717) is 18.1 Å². The van der Waals surface area contributed by atoms with Gasteiger partial charge in [0.25, 0.3) is 0 Å². The van der Waals surface area contributed by atoms with Gasteiger partial charge in [0, 0.05) is 46.7 Å². The van der Waals surface area contributed by atoms with Crippen molar-refractivity contribution in [3.63, 3.8) is 0 Å². The number of rotatable bonds is 7. The lowest BCUT2D eigenvalue weighted by molar-refractivity contribution is 0.284. The molecule has 5 rings (SSSR count). The van der Waals surface area contributed by atoms with Crippen LogP contribution in [0.25, 0.3) is 33.3 Å². The highest BCUT2D eigenvalue weighted by atomic mass is 16.5. The van der Waals surface area contributed by atoms with Crippen LogP contribution in [-0.2, 0) is 6.61 Å². The Bertz CT molecular complexity index is 1480. The Hall–Kier alpha value is -4.52. The van der Waals surface area contributed by atoms with Gasteiger partial charge in [-0.15, -0.1) is 0 Å². The van der Waals surface area contributed by atoms with Gasteiger partial charge in [-0.3, -0.25) is 4.79 Å². The van der Waals surface area contributed by atoms with Crippen molar-refractivity contribution in [1.82, 2.24) is 15.0 Å². The Morgan fingerprint density at radius 3 is 2.25 bits per heavy atom. The predicted molar refractivity (Wildman–Crippen MR) is 143 cm³/mol. The number of benzene rings is 2. The summed E-state index contributed by atoms with van der Waals surface area (Å²) in [5.41, 5.74) is 5.44. The van der Waals surface area contributed by atoms with Crippen LogP contribution in [0.3, 0.4) is 0 Å². The van der Waals surface area contributed by atoms with Crippen LogP contribution in [-0.4, -0.2) is 29.2 Å². The van der Waals surface area contributed by atoms with E-state index in [4.69, 9.17) is 14.2 Å². The Labute approximate surface area is 209 Å². The normalized spacial score (nSPS) is 10.4. The molecule has 7 heteroatoms. The van der Waals surface area contributed by atoms with E-state index >= 15 is 0 Å². The monoisotopic (exact) mass is 483 g/mol. The maximum Gasteiger partial charge on any atom is 0.247 e. The van der Waals surface area contributed by atoms with Gasteiger partial charge in [-0.25, -0.2) is 4.98 Å². The fraction of sp³-hybridized carbons (Fsp3) is 0.172. The summed E-state index contributed by atoms with van der Waals surface area (Å²) in [4.78, 5) is 21.9. The Morgan fingerprint density at radius 2 is 1.56 bits per heavy atom. The lowest BCUT2D eigenvalue weighted by Crippen LogP contribution is -2.01. The van der Waals surface area contributed by atoms with E-state index in [1.807, 2.05) is 68.7 Å². The largest absolute Gasteiger partial charge is 0.497 e. The van der Waals surface area contributed by atoms with Gasteiger partial charge in [-0.05, 0) is 47.5 Å². The molecular weight excluding hydrogens is 454 g/mol. The molecule has 0 unspecified atom stereocenters. The third-order valence-electron chi connectivity index (χ3n) is 5.68. The maximum absolute atomic E-state index is 11.4. The van der Waals surface area contributed by atoms with E-state index in [2.05, 4.69) is 21.0 Å². The van der Waals surface area contributed by atoms with Gasteiger partial charge in [0.15, 0.2) is 11.5 Å². The molecule has 0 spiro atoms. The lowest BCUT2D eigenvalue weighted by Gasteiger charge is -2.13. The molecule has 0 aliphatic carbocycles. The molecule has 0 bridgehead atoms. The molecule has 0 fully saturated rings. The quantitative estimate of drug-likeness (QED) is 0.287. The van der Waals surface area contributed by atoms with Crippen molar-refractivity contribution < 1.29 is 14.2 Å². The zero-order chi connectivity index (χ0) is 25.5. The standard InChI is InChI=1S/C27H23N3O4.C2H6/c1-32-21-7-3-17(4-8-21)16-34-24-9-5-18(12-25(24)33-2)20-11-22-23(15-30-27(22)29-14-20)19-6-10-26(31)28-13-19;1-2/h3-15H,16H2,1-2H3,(H,28,31)(H,29,30);1-2H3. The lowest BCUT2D eigenvalue weighted by atomic mass is 10.0. The minimum Gasteiger partial charge on any atom is -0.497 e. The Kier molecular flexibility index (Phi) is 7.70. The number of hydrogen-bond donors (Lipinski definition) is 2. The summed E-state index contributed by atoms with van der Waals surface area (Å²) < 4.78 is 16.8. The summed E-state index contributed by atoms with van der Waals surface area (Å²) >= 11 is 0. The fourth-order valence-electron chi connectivity index (χ4n) is 3.83. The van der Waals surface area contributed by atoms with Gasteiger partial charge in [-0.1, -0.05) is 32.0 Å². The third kappa shape index (κ3) is 5.25.